The Balaban J connectivity index is 1.95. The average molecular weight is 310 g/mol. The lowest BCUT2D eigenvalue weighted by molar-refractivity contribution is -0.384. The summed E-state index contributed by atoms with van der Waals surface area (Å²) >= 11 is 0. The summed E-state index contributed by atoms with van der Waals surface area (Å²) in [6.07, 6.45) is 1.50. The highest BCUT2D eigenvalue weighted by atomic mass is 16.6. The van der Waals surface area contributed by atoms with Crippen molar-refractivity contribution in [3.8, 4) is 0 Å². The molecule has 0 aliphatic rings. The Kier molecular flexibility index (Phi) is 3.53. The van der Waals surface area contributed by atoms with Gasteiger partial charge in [0.15, 0.2) is 0 Å². The Labute approximate surface area is 131 Å². The third-order valence-electron chi connectivity index (χ3n) is 3.72. The van der Waals surface area contributed by atoms with E-state index >= 15 is 0 Å². The van der Waals surface area contributed by atoms with Gasteiger partial charge in [-0.3, -0.25) is 10.1 Å². The molecule has 2 aromatic carbocycles. The first-order valence-electron chi connectivity index (χ1n) is 6.96. The summed E-state index contributed by atoms with van der Waals surface area (Å²) in [5.74, 6) is 0. The highest BCUT2D eigenvalue weighted by Crippen LogP contribution is 2.21. The fourth-order valence-corrected chi connectivity index (χ4v) is 2.28. The number of benzene rings is 2. The number of hydrogen-bond donors (Lipinski definition) is 1. The molecule has 0 fully saturated rings. The molecule has 0 radical (unpaired) electrons. The van der Waals surface area contributed by atoms with Crippen LogP contribution in [0.5, 0.6) is 0 Å². The second kappa shape index (κ2) is 5.53. The molecule has 1 amide bonds. The Morgan fingerprint density at radius 3 is 2.65 bits per heavy atom. The lowest BCUT2D eigenvalue weighted by atomic mass is 10.1. The number of hydrogen-bond acceptors (Lipinski definition) is 4. The normalized spacial score (nSPS) is 10.7. The van der Waals surface area contributed by atoms with Crippen molar-refractivity contribution in [2.75, 3.05) is 5.32 Å². The molecule has 0 aliphatic heterocycles. The number of amides is 1. The molecule has 1 N–H and O–H groups in total. The van der Waals surface area contributed by atoms with Crippen LogP contribution in [0.15, 0.2) is 42.6 Å². The van der Waals surface area contributed by atoms with Crippen LogP contribution in [0.25, 0.3) is 10.9 Å². The van der Waals surface area contributed by atoms with E-state index in [1.165, 1.54) is 18.3 Å². The molecule has 116 valence electrons. The van der Waals surface area contributed by atoms with Gasteiger partial charge in [0.05, 0.1) is 16.6 Å². The number of aryl methyl sites for hydroxylation is 2. The van der Waals surface area contributed by atoms with Crippen molar-refractivity contribution in [3.05, 3.63) is 63.8 Å². The van der Waals surface area contributed by atoms with Crippen molar-refractivity contribution >= 4 is 28.3 Å². The van der Waals surface area contributed by atoms with E-state index in [0.717, 1.165) is 15.8 Å². The molecule has 3 aromatic rings. The number of nitrogens with one attached hydrogen (secondary N) is 1. The number of non-ortho nitro benzene ring substituents is 1. The van der Waals surface area contributed by atoms with Gasteiger partial charge in [-0.25, -0.2) is 4.79 Å². The number of nitro groups is 1. The van der Waals surface area contributed by atoms with Gasteiger partial charge in [-0.15, -0.1) is 0 Å². The Hall–Kier alpha value is -3.22. The van der Waals surface area contributed by atoms with Crippen LogP contribution in [0, 0.1) is 24.0 Å². The van der Waals surface area contributed by atoms with Gasteiger partial charge in [0.2, 0.25) is 0 Å². The summed E-state index contributed by atoms with van der Waals surface area (Å²) in [6.45, 7) is 3.94. The number of carbonyl (C=O) groups is 1. The summed E-state index contributed by atoms with van der Waals surface area (Å²) in [5, 5.41) is 18.3. The van der Waals surface area contributed by atoms with Crippen molar-refractivity contribution in [1.82, 2.24) is 9.78 Å². The summed E-state index contributed by atoms with van der Waals surface area (Å²) in [5.41, 5.74) is 3.14. The molecule has 1 heterocycles. The number of anilines is 1. The fourth-order valence-electron chi connectivity index (χ4n) is 2.28. The van der Waals surface area contributed by atoms with Crippen molar-refractivity contribution in [1.29, 1.82) is 0 Å². The smallest absolute Gasteiger partial charge is 0.306 e. The first kappa shape index (κ1) is 14.7. The number of aromatic nitrogens is 2. The first-order chi connectivity index (χ1) is 11.0. The van der Waals surface area contributed by atoms with E-state index < -0.39 is 11.0 Å². The van der Waals surface area contributed by atoms with Gasteiger partial charge in [0.25, 0.3) is 5.69 Å². The number of rotatable bonds is 2. The minimum Gasteiger partial charge on any atom is -0.306 e. The largest absolute Gasteiger partial charge is 0.347 e. The molecular weight excluding hydrogens is 296 g/mol. The van der Waals surface area contributed by atoms with Crippen LogP contribution in [-0.2, 0) is 0 Å². The van der Waals surface area contributed by atoms with Crippen LogP contribution in [0.1, 0.15) is 11.1 Å². The van der Waals surface area contributed by atoms with Gasteiger partial charge in [-0.1, -0.05) is 6.07 Å². The average Bonchev–Trinajstić information content (AvgIpc) is 2.94. The minimum absolute atomic E-state index is 0.0850. The van der Waals surface area contributed by atoms with Crippen LogP contribution < -0.4 is 5.32 Å². The Bertz CT molecular complexity index is 930. The highest BCUT2D eigenvalue weighted by molar-refractivity contribution is 5.97. The standard InChI is InChI=1S/C16H14N4O3/c1-10-3-5-13(7-11(10)2)18-16(21)19-15-8-14(20(22)23)6-4-12(15)9-17-19/h3-9H,1-2H3,(H,18,21). The predicted octanol–water partition coefficient (Wildman–Crippen LogP) is 3.64. The molecule has 0 atom stereocenters. The molecule has 3 rings (SSSR count). The lowest BCUT2D eigenvalue weighted by Gasteiger charge is -2.08. The summed E-state index contributed by atoms with van der Waals surface area (Å²) in [4.78, 5) is 22.8. The van der Waals surface area contributed by atoms with Crippen LogP contribution in [-0.4, -0.2) is 20.7 Å². The molecule has 0 spiro atoms. The van der Waals surface area contributed by atoms with Crippen molar-refractivity contribution < 1.29 is 9.72 Å². The maximum absolute atomic E-state index is 12.4. The Morgan fingerprint density at radius 2 is 1.96 bits per heavy atom. The number of nitrogens with zero attached hydrogens (tertiary/aromatic N) is 3. The third kappa shape index (κ3) is 2.76. The van der Waals surface area contributed by atoms with E-state index in [1.54, 1.807) is 12.1 Å². The van der Waals surface area contributed by atoms with Crippen molar-refractivity contribution in [2.24, 2.45) is 0 Å². The molecule has 0 saturated carbocycles. The zero-order valence-electron chi connectivity index (χ0n) is 12.6. The molecule has 7 nitrogen and oxygen atoms in total. The number of carbonyl (C=O) groups excluding carboxylic acids is 1. The molecule has 1 aromatic heterocycles. The molecule has 0 aliphatic carbocycles. The van der Waals surface area contributed by atoms with Crippen LogP contribution in [0.3, 0.4) is 0 Å². The van der Waals surface area contributed by atoms with E-state index in [-0.39, 0.29) is 5.69 Å². The molecule has 0 bridgehead atoms. The SMILES string of the molecule is Cc1ccc(NC(=O)n2ncc3ccc([N+](=O)[O-])cc32)cc1C. The topological polar surface area (TPSA) is 90.1 Å². The van der Waals surface area contributed by atoms with Gasteiger partial charge in [0.1, 0.15) is 0 Å². The van der Waals surface area contributed by atoms with Crippen LogP contribution in [0.4, 0.5) is 16.2 Å². The van der Waals surface area contributed by atoms with Crippen LogP contribution >= 0.6 is 0 Å². The predicted molar refractivity (Wildman–Crippen MR) is 86.7 cm³/mol. The maximum atomic E-state index is 12.4. The van der Waals surface area contributed by atoms with E-state index in [1.807, 2.05) is 26.0 Å². The van der Waals surface area contributed by atoms with E-state index in [4.69, 9.17) is 0 Å². The first-order valence-corrected chi connectivity index (χ1v) is 6.96. The molecule has 0 saturated heterocycles. The molecular formula is C16H14N4O3. The fraction of sp³-hybridized carbons (Fsp3) is 0.125. The van der Waals surface area contributed by atoms with E-state index in [0.29, 0.717) is 16.6 Å². The number of nitro benzene ring substituents is 1. The molecule has 7 heteroatoms. The summed E-state index contributed by atoms with van der Waals surface area (Å²) in [6, 6.07) is 9.40. The zero-order valence-corrected chi connectivity index (χ0v) is 12.6. The zero-order chi connectivity index (χ0) is 16.6. The maximum Gasteiger partial charge on any atom is 0.347 e. The van der Waals surface area contributed by atoms with Gasteiger partial charge in [-0.2, -0.15) is 9.78 Å². The van der Waals surface area contributed by atoms with Crippen LogP contribution in [0.2, 0.25) is 0 Å². The Morgan fingerprint density at radius 1 is 1.17 bits per heavy atom. The molecule has 0 unspecified atom stereocenters. The third-order valence-corrected chi connectivity index (χ3v) is 3.72. The van der Waals surface area contributed by atoms with Gasteiger partial charge in [-0.05, 0) is 43.2 Å². The van der Waals surface area contributed by atoms with Gasteiger partial charge >= 0.3 is 6.03 Å². The lowest BCUT2D eigenvalue weighted by Crippen LogP contribution is -2.20. The summed E-state index contributed by atoms with van der Waals surface area (Å²) < 4.78 is 1.12. The van der Waals surface area contributed by atoms with E-state index in [2.05, 4.69) is 10.4 Å². The second-order valence-electron chi connectivity index (χ2n) is 5.29. The number of fused-ring (bicyclic) bond motifs is 1. The van der Waals surface area contributed by atoms with Gasteiger partial charge < -0.3 is 5.32 Å². The highest BCUT2D eigenvalue weighted by Gasteiger charge is 2.14. The quantitative estimate of drug-likeness (QED) is 0.578. The monoisotopic (exact) mass is 310 g/mol. The van der Waals surface area contributed by atoms with Crippen molar-refractivity contribution in [2.45, 2.75) is 13.8 Å². The second-order valence-corrected chi connectivity index (χ2v) is 5.29. The minimum atomic E-state index is -0.502. The van der Waals surface area contributed by atoms with Gasteiger partial charge in [0, 0.05) is 23.2 Å². The van der Waals surface area contributed by atoms with Crippen molar-refractivity contribution in [3.63, 3.8) is 0 Å². The summed E-state index contributed by atoms with van der Waals surface area (Å²) in [7, 11) is 0. The van der Waals surface area contributed by atoms with E-state index in [9.17, 15) is 14.9 Å². The molecule has 23 heavy (non-hydrogen) atoms.